The van der Waals surface area contributed by atoms with Gasteiger partial charge < -0.3 is 19.7 Å². The van der Waals surface area contributed by atoms with Crippen molar-refractivity contribution in [3.05, 3.63) is 41.7 Å². The number of ether oxygens (including phenoxy) is 2. The monoisotopic (exact) mass is 358 g/mol. The summed E-state index contributed by atoms with van der Waals surface area (Å²) in [5, 5.41) is 7.73. The highest BCUT2D eigenvalue weighted by Gasteiger charge is 2.38. The lowest BCUT2D eigenvalue weighted by atomic mass is 9.95. The van der Waals surface area contributed by atoms with Crippen LogP contribution in [0.15, 0.2) is 30.6 Å². The number of hydrogen-bond donors (Lipinski definition) is 1. The van der Waals surface area contributed by atoms with Gasteiger partial charge >= 0.3 is 0 Å². The number of para-hydroxylation sites is 1. The summed E-state index contributed by atoms with van der Waals surface area (Å²) in [5.74, 6) is 1.83. The highest BCUT2D eigenvalue weighted by atomic mass is 16.5. The van der Waals surface area contributed by atoms with Crippen molar-refractivity contribution in [3.8, 4) is 11.5 Å². The number of aromatic nitrogens is 2. The Balaban J connectivity index is 1.68. The van der Waals surface area contributed by atoms with E-state index in [9.17, 15) is 4.79 Å². The average Bonchev–Trinajstić information content (AvgIpc) is 3.18. The Labute approximate surface area is 153 Å². The van der Waals surface area contributed by atoms with E-state index in [0.29, 0.717) is 13.0 Å². The Bertz CT molecular complexity index is 774. The molecule has 7 heteroatoms. The first-order chi connectivity index (χ1) is 12.5. The molecule has 1 aliphatic heterocycles. The summed E-state index contributed by atoms with van der Waals surface area (Å²) >= 11 is 0. The van der Waals surface area contributed by atoms with Crippen LogP contribution in [0, 0.1) is 5.92 Å². The molecule has 1 aliphatic rings. The number of hydrogen-bond acceptors (Lipinski definition) is 5. The van der Waals surface area contributed by atoms with Crippen LogP contribution in [0.5, 0.6) is 11.5 Å². The fraction of sp³-hybridized carbons (Fsp3) is 0.474. The van der Waals surface area contributed by atoms with Crippen LogP contribution in [0.3, 0.4) is 0 Å². The maximum Gasteiger partial charge on any atom is 0.223 e. The van der Waals surface area contributed by atoms with Gasteiger partial charge in [0.2, 0.25) is 5.91 Å². The van der Waals surface area contributed by atoms with Crippen LogP contribution in [0.4, 0.5) is 0 Å². The number of benzene rings is 1. The maximum absolute atomic E-state index is 12.2. The molecule has 1 fully saturated rings. The molecule has 1 amide bonds. The Morgan fingerprint density at radius 2 is 2.08 bits per heavy atom. The Kier molecular flexibility index (Phi) is 5.46. The van der Waals surface area contributed by atoms with Gasteiger partial charge in [0.05, 0.1) is 26.5 Å². The van der Waals surface area contributed by atoms with Crippen LogP contribution in [0.2, 0.25) is 0 Å². The molecule has 1 N–H and O–H groups in total. The molecule has 0 saturated carbocycles. The Morgan fingerprint density at radius 3 is 2.73 bits per heavy atom. The first kappa shape index (κ1) is 18.3. The topological polar surface area (TPSA) is 68.6 Å². The zero-order chi connectivity index (χ0) is 18.7. The van der Waals surface area contributed by atoms with Crippen LogP contribution >= 0.6 is 0 Å². The molecule has 7 nitrogen and oxygen atoms in total. The second-order valence-corrected chi connectivity index (χ2v) is 6.64. The zero-order valence-electron chi connectivity index (χ0n) is 15.7. The molecular formula is C19H26N4O3. The Morgan fingerprint density at radius 1 is 1.27 bits per heavy atom. The SMILES string of the molecule is COc1cccc(CNC[C@@H]2CC(=O)N(C)[C@H]2c2cnn(C)c2)c1OC. The van der Waals surface area contributed by atoms with E-state index in [-0.39, 0.29) is 17.9 Å². The molecule has 3 rings (SSSR count). The molecular weight excluding hydrogens is 332 g/mol. The standard InChI is InChI=1S/C19H26N4O3/c1-22-12-15(11-21-22)18-14(8-17(24)23(18)2)10-20-9-13-6-5-7-16(25-3)19(13)26-4/h5-7,11-12,14,18,20H,8-10H2,1-4H3/t14-,18+/m0/s1. The molecule has 0 radical (unpaired) electrons. The van der Waals surface area contributed by atoms with E-state index in [0.717, 1.165) is 29.2 Å². The number of likely N-dealkylation sites (tertiary alicyclic amines) is 1. The number of rotatable bonds is 7. The molecule has 0 unspecified atom stereocenters. The largest absolute Gasteiger partial charge is 0.493 e. The molecule has 2 aromatic rings. The van der Waals surface area contributed by atoms with E-state index in [2.05, 4.69) is 10.4 Å². The third-order valence-corrected chi connectivity index (χ3v) is 4.97. The van der Waals surface area contributed by atoms with Crippen molar-refractivity contribution >= 4 is 5.91 Å². The van der Waals surface area contributed by atoms with Gasteiger partial charge in [-0.25, -0.2) is 0 Å². The van der Waals surface area contributed by atoms with Crippen LogP contribution in [0.1, 0.15) is 23.6 Å². The summed E-state index contributed by atoms with van der Waals surface area (Å²) in [6, 6.07) is 5.89. The fourth-order valence-electron chi connectivity index (χ4n) is 3.71. The average molecular weight is 358 g/mol. The van der Waals surface area contributed by atoms with Crippen molar-refractivity contribution in [2.45, 2.75) is 19.0 Å². The quantitative estimate of drug-likeness (QED) is 0.817. The van der Waals surface area contributed by atoms with E-state index < -0.39 is 0 Å². The molecule has 140 valence electrons. The highest BCUT2D eigenvalue weighted by Crippen LogP contribution is 2.36. The van der Waals surface area contributed by atoms with Gasteiger partial charge in [0.15, 0.2) is 11.5 Å². The van der Waals surface area contributed by atoms with Crippen LogP contribution in [-0.2, 0) is 18.4 Å². The second-order valence-electron chi connectivity index (χ2n) is 6.64. The lowest BCUT2D eigenvalue weighted by Gasteiger charge is -2.24. The zero-order valence-corrected chi connectivity index (χ0v) is 15.7. The van der Waals surface area contributed by atoms with Crippen molar-refractivity contribution < 1.29 is 14.3 Å². The number of nitrogens with one attached hydrogen (secondary N) is 1. The summed E-state index contributed by atoms with van der Waals surface area (Å²) in [7, 11) is 7.03. The van der Waals surface area contributed by atoms with Gasteiger partial charge in [-0.15, -0.1) is 0 Å². The summed E-state index contributed by atoms with van der Waals surface area (Å²) < 4.78 is 12.6. The van der Waals surface area contributed by atoms with Gasteiger partial charge in [-0.05, 0) is 6.07 Å². The van der Waals surface area contributed by atoms with E-state index in [1.807, 2.05) is 49.6 Å². The van der Waals surface area contributed by atoms with Gasteiger partial charge in [-0.2, -0.15) is 5.10 Å². The predicted molar refractivity (Wildman–Crippen MR) is 98.1 cm³/mol. The number of carbonyl (C=O) groups excluding carboxylic acids is 1. The molecule has 0 spiro atoms. The molecule has 0 bridgehead atoms. The molecule has 0 aliphatic carbocycles. The summed E-state index contributed by atoms with van der Waals surface area (Å²) in [5.41, 5.74) is 2.11. The molecule has 26 heavy (non-hydrogen) atoms. The predicted octanol–water partition coefficient (Wildman–Crippen LogP) is 1.75. The minimum absolute atomic E-state index is 0.0518. The molecule has 1 saturated heterocycles. The molecule has 2 heterocycles. The van der Waals surface area contributed by atoms with Crippen molar-refractivity contribution in [1.82, 2.24) is 20.0 Å². The second kappa shape index (κ2) is 7.78. The third kappa shape index (κ3) is 3.53. The Hall–Kier alpha value is -2.54. The summed E-state index contributed by atoms with van der Waals surface area (Å²) in [6.45, 7) is 1.38. The van der Waals surface area contributed by atoms with Gasteiger partial charge in [-0.1, -0.05) is 12.1 Å². The number of amides is 1. The molecule has 1 aromatic carbocycles. The van der Waals surface area contributed by atoms with Crippen molar-refractivity contribution in [2.24, 2.45) is 13.0 Å². The van der Waals surface area contributed by atoms with Crippen LogP contribution in [-0.4, -0.2) is 48.4 Å². The van der Waals surface area contributed by atoms with Gasteiger partial charge in [-0.3, -0.25) is 9.48 Å². The molecule has 2 atom stereocenters. The van der Waals surface area contributed by atoms with Gasteiger partial charge in [0, 0.05) is 56.8 Å². The highest BCUT2D eigenvalue weighted by molar-refractivity contribution is 5.79. The van der Waals surface area contributed by atoms with Crippen molar-refractivity contribution in [2.75, 3.05) is 27.8 Å². The van der Waals surface area contributed by atoms with E-state index >= 15 is 0 Å². The number of carbonyl (C=O) groups is 1. The van der Waals surface area contributed by atoms with E-state index in [1.54, 1.807) is 18.9 Å². The maximum atomic E-state index is 12.2. The van der Waals surface area contributed by atoms with Crippen LogP contribution < -0.4 is 14.8 Å². The van der Waals surface area contributed by atoms with E-state index in [1.165, 1.54) is 0 Å². The number of aryl methyl sites for hydroxylation is 1. The fourth-order valence-corrected chi connectivity index (χ4v) is 3.71. The normalized spacial score (nSPS) is 19.8. The van der Waals surface area contributed by atoms with Gasteiger partial charge in [0.1, 0.15) is 0 Å². The number of methoxy groups -OCH3 is 2. The summed E-state index contributed by atoms with van der Waals surface area (Å²) in [4.78, 5) is 14.1. The first-order valence-corrected chi connectivity index (χ1v) is 8.70. The minimum atomic E-state index is 0.0518. The van der Waals surface area contributed by atoms with E-state index in [4.69, 9.17) is 9.47 Å². The third-order valence-electron chi connectivity index (χ3n) is 4.97. The van der Waals surface area contributed by atoms with Crippen molar-refractivity contribution in [1.29, 1.82) is 0 Å². The van der Waals surface area contributed by atoms with Crippen molar-refractivity contribution in [3.63, 3.8) is 0 Å². The summed E-state index contributed by atoms with van der Waals surface area (Å²) in [6.07, 6.45) is 4.37. The lowest BCUT2D eigenvalue weighted by Crippen LogP contribution is -2.29. The smallest absolute Gasteiger partial charge is 0.223 e. The minimum Gasteiger partial charge on any atom is -0.493 e. The lowest BCUT2D eigenvalue weighted by molar-refractivity contribution is -0.127. The van der Waals surface area contributed by atoms with Crippen LogP contribution in [0.25, 0.3) is 0 Å². The van der Waals surface area contributed by atoms with Gasteiger partial charge in [0.25, 0.3) is 0 Å². The number of nitrogens with zero attached hydrogens (tertiary/aromatic N) is 3. The molecule has 1 aromatic heterocycles. The first-order valence-electron chi connectivity index (χ1n) is 8.70.